The SMILES string of the molecule is CN(c1ncc(Br)cc1CCl)C1CCCCCC1. The summed E-state index contributed by atoms with van der Waals surface area (Å²) < 4.78 is 0.996. The zero-order chi connectivity index (χ0) is 13.0. The van der Waals surface area contributed by atoms with Gasteiger partial charge in [-0.2, -0.15) is 0 Å². The molecule has 0 unspecified atom stereocenters. The van der Waals surface area contributed by atoms with Crippen LogP contribution in [0, 0.1) is 0 Å². The number of anilines is 1. The monoisotopic (exact) mass is 330 g/mol. The van der Waals surface area contributed by atoms with E-state index in [2.05, 4.69) is 38.9 Å². The van der Waals surface area contributed by atoms with Crippen molar-refractivity contribution in [2.75, 3.05) is 11.9 Å². The molecular weight excluding hydrogens is 312 g/mol. The summed E-state index contributed by atoms with van der Waals surface area (Å²) in [6.45, 7) is 0. The van der Waals surface area contributed by atoms with Crippen molar-refractivity contribution in [2.45, 2.75) is 50.4 Å². The molecule has 0 saturated heterocycles. The van der Waals surface area contributed by atoms with E-state index in [1.165, 1.54) is 38.5 Å². The van der Waals surface area contributed by atoms with Gasteiger partial charge in [-0.1, -0.05) is 25.7 Å². The molecule has 0 radical (unpaired) electrons. The van der Waals surface area contributed by atoms with E-state index < -0.39 is 0 Å². The van der Waals surface area contributed by atoms with Gasteiger partial charge >= 0.3 is 0 Å². The molecule has 0 spiro atoms. The topological polar surface area (TPSA) is 16.1 Å². The molecule has 0 N–H and O–H groups in total. The van der Waals surface area contributed by atoms with Gasteiger partial charge in [0.1, 0.15) is 5.82 Å². The summed E-state index contributed by atoms with van der Waals surface area (Å²) in [5, 5.41) is 0. The van der Waals surface area contributed by atoms with Crippen LogP contribution in [0.2, 0.25) is 0 Å². The zero-order valence-corrected chi connectivity index (χ0v) is 13.2. The van der Waals surface area contributed by atoms with Crippen LogP contribution in [0.4, 0.5) is 5.82 Å². The minimum atomic E-state index is 0.513. The van der Waals surface area contributed by atoms with Crippen molar-refractivity contribution in [2.24, 2.45) is 0 Å². The van der Waals surface area contributed by atoms with Gasteiger partial charge in [0.25, 0.3) is 0 Å². The Morgan fingerprint density at radius 3 is 2.61 bits per heavy atom. The summed E-state index contributed by atoms with van der Waals surface area (Å²) in [6, 6.07) is 2.69. The standard InChI is InChI=1S/C14H20BrClN2/c1-18(13-6-4-2-3-5-7-13)14-11(9-16)8-12(15)10-17-14/h8,10,13H,2-7,9H2,1H3. The highest BCUT2D eigenvalue weighted by Crippen LogP contribution is 2.28. The van der Waals surface area contributed by atoms with Crippen LogP contribution in [0.3, 0.4) is 0 Å². The molecule has 1 fully saturated rings. The van der Waals surface area contributed by atoms with Crippen molar-refractivity contribution in [1.29, 1.82) is 0 Å². The van der Waals surface area contributed by atoms with Crippen LogP contribution in [0.5, 0.6) is 0 Å². The van der Waals surface area contributed by atoms with Gasteiger partial charge in [0.15, 0.2) is 0 Å². The fourth-order valence-electron chi connectivity index (χ4n) is 2.71. The predicted molar refractivity (Wildman–Crippen MR) is 81.4 cm³/mol. The number of nitrogens with zero attached hydrogens (tertiary/aromatic N) is 2. The molecule has 2 rings (SSSR count). The minimum Gasteiger partial charge on any atom is -0.356 e. The van der Waals surface area contributed by atoms with Crippen molar-refractivity contribution in [3.63, 3.8) is 0 Å². The van der Waals surface area contributed by atoms with E-state index in [1.54, 1.807) is 0 Å². The van der Waals surface area contributed by atoms with E-state index in [0.717, 1.165) is 15.9 Å². The fourth-order valence-corrected chi connectivity index (χ4v) is 3.28. The number of halogens is 2. The highest BCUT2D eigenvalue weighted by atomic mass is 79.9. The molecule has 1 aromatic heterocycles. The van der Waals surface area contributed by atoms with Gasteiger partial charge in [0, 0.05) is 29.3 Å². The van der Waals surface area contributed by atoms with Crippen LogP contribution >= 0.6 is 27.5 Å². The molecule has 100 valence electrons. The molecule has 4 heteroatoms. The molecule has 0 atom stereocenters. The highest BCUT2D eigenvalue weighted by Gasteiger charge is 2.20. The van der Waals surface area contributed by atoms with Gasteiger partial charge < -0.3 is 4.90 Å². The Labute approximate surface area is 123 Å². The summed E-state index contributed by atoms with van der Waals surface area (Å²) >= 11 is 9.49. The fraction of sp³-hybridized carbons (Fsp3) is 0.643. The van der Waals surface area contributed by atoms with Crippen LogP contribution < -0.4 is 4.90 Å². The van der Waals surface area contributed by atoms with Gasteiger partial charge in [0.05, 0.1) is 5.88 Å². The quantitative estimate of drug-likeness (QED) is 0.587. The summed E-state index contributed by atoms with van der Waals surface area (Å²) in [7, 11) is 2.16. The van der Waals surface area contributed by atoms with E-state index in [4.69, 9.17) is 11.6 Å². The Balaban J connectivity index is 2.18. The molecule has 1 aliphatic carbocycles. The molecule has 1 saturated carbocycles. The number of rotatable bonds is 3. The lowest BCUT2D eigenvalue weighted by molar-refractivity contribution is 0.548. The first-order valence-electron chi connectivity index (χ1n) is 6.65. The summed E-state index contributed by atoms with van der Waals surface area (Å²) in [5.74, 6) is 1.55. The van der Waals surface area contributed by atoms with Crippen LogP contribution in [0.25, 0.3) is 0 Å². The molecule has 1 heterocycles. The number of aromatic nitrogens is 1. The maximum atomic E-state index is 6.03. The highest BCUT2D eigenvalue weighted by molar-refractivity contribution is 9.10. The Hall–Kier alpha value is -0.280. The first-order chi connectivity index (χ1) is 8.72. The summed E-state index contributed by atoms with van der Waals surface area (Å²) in [4.78, 5) is 6.88. The van der Waals surface area contributed by atoms with E-state index in [9.17, 15) is 0 Å². The second-order valence-electron chi connectivity index (χ2n) is 5.03. The van der Waals surface area contributed by atoms with Gasteiger partial charge in [-0.05, 0) is 34.8 Å². The average Bonchev–Trinajstić information content (AvgIpc) is 2.66. The molecule has 18 heavy (non-hydrogen) atoms. The first-order valence-corrected chi connectivity index (χ1v) is 7.98. The number of alkyl halides is 1. The maximum Gasteiger partial charge on any atom is 0.133 e. The minimum absolute atomic E-state index is 0.513. The predicted octanol–water partition coefficient (Wildman–Crippen LogP) is 4.74. The van der Waals surface area contributed by atoms with Crippen LogP contribution in [-0.4, -0.2) is 18.1 Å². The van der Waals surface area contributed by atoms with Crippen molar-refractivity contribution >= 4 is 33.3 Å². The molecule has 0 aromatic carbocycles. The molecule has 0 bridgehead atoms. The Morgan fingerprint density at radius 2 is 2.00 bits per heavy atom. The van der Waals surface area contributed by atoms with Crippen molar-refractivity contribution in [3.8, 4) is 0 Å². The first kappa shape index (κ1) is 14.1. The van der Waals surface area contributed by atoms with E-state index in [-0.39, 0.29) is 0 Å². The third-order valence-corrected chi connectivity index (χ3v) is 4.48. The largest absolute Gasteiger partial charge is 0.356 e. The van der Waals surface area contributed by atoms with Crippen LogP contribution in [0.1, 0.15) is 44.1 Å². The van der Waals surface area contributed by atoms with E-state index in [1.807, 2.05) is 6.20 Å². The lowest BCUT2D eigenvalue weighted by atomic mass is 10.1. The van der Waals surface area contributed by atoms with Gasteiger partial charge in [0.2, 0.25) is 0 Å². The molecule has 0 aliphatic heterocycles. The summed E-state index contributed by atoms with van der Waals surface area (Å²) in [5.41, 5.74) is 1.11. The van der Waals surface area contributed by atoms with E-state index >= 15 is 0 Å². The molecular formula is C14H20BrClN2. The zero-order valence-electron chi connectivity index (χ0n) is 10.8. The molecule has 0 amide bonds. The van der Waals surface area contributed by atoms with Gasteiger partial charge in [-0.25, -0.2) is 4.98 Å². The van der Waals surface area contributed by atoms with Crippen molar-refractivity contribution in [3.05, 3.63) is 22.3 Å². The third kappa shape index (κ3) is 3.39. The molecule has 2 nitrogen and oxygen atoms in total. The Kier molecular flexibility index (Phi) is 5.31. The summed E-state index contributed by atoms with van der Waals surface area (Å²) in [6.07, 6.45) is 9.83. The molecule has 1 aromatic rings. The van der Waals surface area contributed by atoms with Gasteiger partial charge in [-0.3, -0.25) is 0 Å². The number of pyridine rings is 1. The molecule has 1 aliphatic rings. The second kappa shape index (κ2) is 6.76. The lowest BCUT2D eigenvalue weighted by Gasteiger charge is -2.29. The smallest absolute Gasteiger partial charge is 0.133 e. The van der Waals surface area contributed by atoms with Crippen molar-refractivity contribution in [1.82, 2.24) is 4.98 Å². The average molecular weight is 332 g/mol. The lowest BCUT2D eigenvalue weighted by Crippen LogP contribution is -2.32. The van der Waals surface area contributed by atoms with Crippen LogP contribution in [0.15, 0.2) is 16.7 Å². The number of hydrogen-bond donors (Lipinski definition) is 0. The Bertz CT molecular complexity index is 389. The van der Waals surface area contributed by atoms with Crippen molar-refractivity contribution < 1.29 is 0 Å². The number of hydrogen-bond acceptors (Lipinski definition) is 2. The maximum absolute atomic E-state index is 6.03. The Morgan fingerprint density at radius 1 is 1.33 bits per heavy atom. The normalized spacial score (nSPS) is 17.5. The third-order valence-electron chi connectivity index (χ3n) is 3.76. The van der Waals surface area contributed by atoms with Crippen LogP contribution in [-0.2, 0) is 5.88 Å². The second-order valence-corrected chi connectivity index (χ2v) is 6.21. The van der Waals surface area contributed by atoms with Gasteiger partial charge in [-0.15, -0.1) is 11.6 Å². The van der Waals surface area contributed by atoms with E-state index in [0.29, 0.717) is 11.9 Å².